The van der Waals surface area contributed by atoms with Gasteiger partial charge in [-0.25, -0.2) is 0 Å². The number of rotatable bonds is 11. The molecule has 0 aliphatic carbocycles. The molecule has 1 aliphatic heterocycles. The molecule has 0 radical (unpaired) electrons. The summed E-state index contributed by atoms with van der Waals surface area (Å²) in [5.74, 6) is 0.120. The minimum Gasteiger partial charge on any atom is -0.497 e. The molecule has 0 unspecified atom stereocenters. The van der Waals surface area contributed by atoms with E-state index >= 15 is 0 Å². The molecule has 3 N–H and O–H groups in total. The highest BCUT2D eigenvalue weighted by atomic mass is 16.7. The highest BCUT2D eigenvalue weighted by Crippen LogP contribution is 2.42. The van der Waals surface area contributed by atoms with E-state index in [0.29, 0.717) is 32.4 Å². The number of hydrogen-bond donors (Lipinski definition) is 3. The van der Waals surface area contributed by atoms with Gasteiger partial charge in [0.05, 0.1) is 12.6 Å². The molecule has 2 aromatic carbocycles. The van der Waals surface area contributed by atoms with E-state index < -0.39 is 6.29 Å². The average molecular weight is 560 g/mol. The van der Waals surface area contributed by atoms with E-state index in [-0.39, 0.29) is 36.0 Å². The van der Waals surface area contributed by atoms with Gasteiger partial charge in [-0.1, -0.05) is 18.2 Å². The molecule has 216 valence electrons. The van der Waals surface area contributed by atoms with Crippen LogP contribution in [-0.4, -0.2) is 59.6 Å². The van der Waals surface area contributed by atoms with Crippen molar-refractivity contribution in [1.29, 1.82) is 0 Å². The standard InChI is InChI=1S/C32H37N3O6/c1-4-40-32-24(9-7-15-36)26(27-19-35(20(2)37)29-10-6-5-8-23(27)29)17-30(41-32)31(38)33-14-13-21-18-34-28-12-11-22(39-3)16-25(21)28/h5-6,8,10-12,16-19,24,26,32,34,36H,4,7,9,13-15H2,1-3H3,(H,33,38)/t24-,26-,32+/m0/s1. The van der Waals surface area contributed by atoms with Crippen LogP contribution in [0.2, 0.25) is 0 Å². The molecule has 1 amide bonds. The first-order valence-corrected chi connectivity index (χ1v) is 14.1. The molecule has 4 aromatic rings. The number of methoxy groups -OCH3 is 1. The fourth-order valence-corrected chi connectivity index (χ4v) is 5.74. The molecule has 9 heteroatoms. The van der Waals surface area contributed by atoms with Crippen LogP contribution >= 0.6 is 0 Å². The van der Waals surface area contributed by atoms with E-state index in [2.05, 4.69) is 10.3 Å². The van der Waals surface area contributed by atoms with Crippen molar-refractivity contribution >= 4 is 33.6 Å². The summed E-state index contributed by atoms with van der Waals surface area (Å²) in [6.45, 7) is 4.27. The Morgan fingerprint density at radius 2 is 2.00 bits per heavy atom. The molecule has 3 heterocycles. The fourth-order valence-electron chi connectivity index (χ4n) is 5.74. The first-order chi connectivity index (χ1) is 19.9. The lowest BCUT2D eigenvalue weighted by Gasteiger charge is -2.36. The van der Waals surface area contributed by atoms with Gasteiger partial charge in [-0.05, 0) is 67.7 Å². The summed E-state index contributed by atoms with van der Waals surface area (Å²) >= 11 is 0. The predicted molar refractivity (Wildman–Crippen MR) is 157 cm³/mol. The number of fused-ring (bicyclic) bond motifs is 2. The average Bonchev–Trinajstić information content (AvgIpc) is 3.57. The number of nitrogens with zero attached hydrogens (tertiary/aromatic N) is 1. The molecular weight excluding hydrogens is 522 g/mol. The van der Waals surface area contributed by atoms with Crippen LogP contribution in [0.15, 0.2) is 66.7 Å². The number of hydrogen-bond acceptors (Lipinski definition) is 6. The molecule has 0 spiro atoms. The maximum atomic E-state index is 13.4. The van der Waals surface area contributed by atoms with Gasteiger partial charge in [0.15, 0.2) is 5.76 Å². The molecule has 0 saturated heterocycles. The number of H-pyrrole nitrogens is 1. The summed E-state index contributed by atoms with van der Waals surface area (Å²) in [7, 11) is 1.64. The zero-order valence-electron chi connectivity index (χ0n) is 23.7. The van der Waals surface area contributed by atoms with Crippen LogP contribution in [-0.2, 0) is 20.7 Å². The van der Waals surface area contributed by atoms with Gasteiger partial charge in [-0.15, -0.1) is 0 Å². The molecular formula is C32H37N3O6. The predicted octanol–water partition coefficient (Wildman–Crippen LogP) is 4.90. The largest absolute Gasteiger partial charge is 0.497 e. The number of benzene rings is 2. The number of aliphatic hydroxyl groups is 1. The van der Waals surface area contributed by atoms with Crippen LogP contribution in [0, 0.1) is 5.92 Å². The van der Waals surface area contributed by atoms with Gasteiger partial charge in [0.2, 0.25) is 12.2 Å². The lowest BCUT2D eigenvalue weighted by atomic mass is 9.80. The Kier molecular flexibility index (Phi) is 8.75. The number of amides is 1. The summed E-state index contributed by atoms with van der Waals surface area (Å²) in [4.78, 5) is 29.2. The van der Waals surface area contributed by atoms with Crippen LogP contribution in [0.1, 0.15) is 48.5 Å². The SMILES string of the molecule is CCO[C@@H]1OC(C(=O)NCCc2c[nH]c3ccc(OC)cc23)=C[C@H](c2cn(C(C)=O)c3ccccc23)[C@@H]1CCCO. The number of allylic oxidation sites excluding steroid dienone is 1. The third-order valence-corrected chi connectivity index (χ3v) is 7.73. The highest BCUT2D eigenvalue weighted by molar-refractivity contribution is 5.95. The van der Waals surface area contributed by atoms with Gasteiger partial charge < -0.3 is 29.6 Å². The lowest BCUT2D eigenvalue weighted by molar-refractivity contribution is -0.166. The van der Waals surface area contributed by atoms with Gasteiger partial charge in [0.25, 0.3) is 5.91 Å². The third-order valence-electron chi connectivity index (χ3n) is 7.73. The number of aromatic amines is 1. The smallest absolute Gasteiger partial charge is 0.286 e. The van der Waals surface area contributed by atoms with Gasteiger partial charge >= 0.3 is 0 Å². The van der Waals surface area contributed by atoms with Crippen molar-refractivity contribution in [1.82, 2.24) is 14.9 Å². The number of para-hydroxylation sites is 1. The van der Waals surface area contributed by atoms with E-state index in [1.54, 1.807) is 11.7 Å². The van der Waals surface area contributed by atoms with E-state index in [1.165, 1.54) is 6.92 Å². The number of ether oxygens (including phenoxy) is 3. The third kappa shape index (κ3) is 5.87. The normalized spacial score (nSPS) is 18.7. The number of nitrogens with one attached hydrogen (secondary N) is 2. The Hall–Kier alpha value is -4.08. The van der Waals surface area contributed by atoms with E-state index in [9.17, 15) is 14.7 Å². The maximum absolute atomic E-state index is 13.4. The Bertz CT molecular complexity index is 1570. The summed E-state index contributed by atoms with van der Waals surface area (Å²) in [6, 6.07) is 13.6. The van der Waals surface area contributed by atoms with Crippen LogP contribution < -0.4 is 10.1 Å². The number of aromatic nitrogens is 2. The second kappa shape index (κ2) is 12.6. The fraction of sp³-hybridized carbons (Fsp3) is 0.375. The Morgan fingerprint density at radius 3 is 2.76 bits per heavy atom. The zero-order valence-corrected chi connectivity index (χ0v) is 23.7. The highest BCUT2D eigenvalue weighted by Gasteiger charge is 2.39. The molecule has 3 atom stereocenters. The molecule has 5 rings (SSSR count). The Labute approximate surface area is 239 Å². The quantitative estimate of drug-likeness (QED) is 0.241. The van der Waals surface area contributed by atoms with Crippen LogP contribution in [0.3, 0.4) is 0 Å². The maximum Gasteiger partial charge on any atom is 0.286 e. The lowest BCUT2D eigenvalue weighted by Crippen LogP contribution is -2.39. The summed E-state index contributed by atoms with van der Waals surface area (Å²) in [5.41, 5.74) is 3.81. The van der Waals surface area contributed by atoms with Crippen molar-refractivity contribution in [3.05, 3.63) is 77.8 Å². The topological polar surface area (TPSA) is 115 Å². The van der Waals surface area contributed by atoms with Gasteiger partial charge in [0, 0.05) is 67.2 Å². The van der Waals surface area contributed by atoms with Gasteiger partial charge in [-0.3, -0.25) is 14.2 Å². The molecule has 0 fully saturated rings. The minimum absolute atomic E-state index is 0.0358. The molecule has 1 aliphatic rings. The van der Waals surface area contributed by atoms with Gasteiger partial charge in [0.1, 0.15) is 5.75 Å². The molecule has 0 saturated carbocycles. The van der Waals surface area contributed by atoms with E-state index in [0.717, 1.165) is 38.7 Å². The molecule has 2 aromatic heterocycles. The van der Waals surface area contributed by atoms with E-state index in [1.807, 2.05) is 67.9 Å². The van der Waals surface area contributed by atoms with Crippen LogP contribution in [0.4, 0.5) is 0 Å². The number of carbonyl (C=O) groups is 2. The zero-order chi connectivity index (χ0) is 28.9. The Balaban J connectivity index is 1.43. The Morgan fingerprint density at radius 1 is 1.17 bits per heavy atom. The van der Waals surface area contributed by atoms with Crippen LogP contribution in [0.25, 0.3) is 21.8 Å². The number of carbonyl (C=O) groups excluding carboxylic acids is 2. The van der Waals surface area contributed by atoms with Crippen molar-refractivity contribution in [2.24, 2.45) is 5.92 Å². The molecule has 41 heavy (non-hydrogen) atoms. The summed E-state index contributed by atoms with van der Waals surface area (Å²) < 4.78 is 19.2. The van der Waals surface area contributed by atoms with E-state index in [4.69, 9.17) is 14.2 Å². The number of aliphatic hydroxyl groups excluding tert-OH is 1. The summed E-state index contributed by atoms with van der Waals surface area (Å²) in [6.07, 6.45) is 6.78. The molecule has 0 bridgehead atoms. The van der Waals surface area contributed by atoms with Crippen molar-refractivity contribution in [2.45, 2.75) is 45.3 Å². The minimum atomic E-state index is -0.678. The van der Waals surface area contributed by atoms with Crippen molar-refractivity contribution in [2.75, 3.05) is 26.9 Å². The van der Waals surface area contributed by atoms with Crippen molar-refractivity contribution in [3.63, 3.8) is 0 Å². The van der Waals surface area contributed by atoms with Crippen LogP contribution in [0.5, 0.6) is 5.75 Å². The second-order valence-electron chi connectivity index (χ2n) is 10.2. The van der Waals surface area contributed by atoms with Crippen molar-refractivity contribution in [3.8, 4) is 5.75 Å². The monoisotopic (exact) mass is 559 g/mol. The first-order valence-electron chi connectivity index (χ1n) is 14.1. The first kappa shape index (κ1) is 28.4. The molecule has 9 nitrogen and oxygen atoms in total. The summed E-state index contributed by atoms with van der Waals surface area (Å²) in [5, 5.41) is 14.6. The van der Waals surface area contributed by atoms with Gasteiger partial charge in [-0.2, -0.15) is 0 Å². The van der Waals surface area contributed by atoms with Crippen molar-refractivity contribution < 1.29 is 28.9 Å². The second-order valence-corrected chi connectivity index (χ2v) is 10.2.